The molecular weight excluding hydrogens is 340 g/mol. The Morgan fingerprint density at radius 3 is 2.68 bits per heavy atom. The minimum Gasteiger partial charge on any atom is -0.444 e. The van der Waals surface area contributed by atoms with Gasteiger partial charge in [-0.2, -0.15) is 0 Å². The summed E-state index contributed by atoms with van der Waals surface area (Å²) >= 11 is 6.23. The molecule has 1 amide bonds. The Kier molecular flexibility index (Phi) is 4.99. The van der Waals surface area contributed by atoms with E-state index in [9.17, 15) is 4.79 Å². The second-order valence-electron chi connectivity index (χ2n) is 7.20. The number of halogens is 1. The van der Waals surface area contributed by atoms with Crippen LogP contribution >= 0.6 is 11.6 Å². The summed E-state index contributed by atoms with van der Waals surface area (Å²) < 4.78 is 5.49. The zero-order valence-corrected chi connectivity index (χ0v) is 15.5. The molecule has 2 heterocycles. The smallest absolute Gasteiger partial charge is 0.410 e. The maximum atomic E-state index is 12.3. The zero-order valence-electron chi connectivity index (χ0n) is 14.8. The highest BCUT2D eigenvalue weighted by atomic mass is 35.5. The van der Waals surface area contributed by atoms with Crippen LogP contribution in [0, 0.1) is 0 Å². The number of nitrogens with zero attached hydrogens (tertiary/aromatic N) is 3. The third kappa shape index (κ3) is 4.31. The molecule has 1 aromatic heterocycles. The van der Waals surface area contributed by atoms with Crippen LogP contribution in [0.15, 0.2) is 24.3 Å². The molecule has 3 rings (SSSR count). The van der Waals surface area contributed by atoms with E-state index in [1.165, 1.54) is 0 Å². The first-order valence-electron chi connectivity index (χ1n) is 8.49. The first-order valence-corrected chi connectivity index (χ1v) is 8.87. The Morgan fingerprint density at radius 2 is 2.00 bits per heavy atom. The van der Waals surface area contributed by atoms with Crippen molar-refractivity contribution in [3.8, 4) is 0 Å². The lowest BCUT2D eigenvalue weighted by atomic mass is 10.2. The summed E-state index contributed by atoms with van der Waals surface area (Å²) in [7, 11) is 0. The van der Waals surface area contributed by atoms with Crippen molar-refractivity contribution in [2.24, 2.45) is 0 Å². The Labute approximate surface area is 152 Å². The molecule has 0 unspecified atom stereocenters. The van der Waals surface area contributed by atoms with E-state index in [1.807, 2.05) is 45.0 Å². The van der Waals surface area contributed by atoms with Gasteiger partial charge in [0, 0.05) is 13.1 Å². The van der Waals surface area contributed by atoms with Gasteiger partial charge in [-0.25, -0.2) is 14.8 Å². The van der Waals surface area contributed by atoms with Crippen LogP contribution < -0.4 is 5.32 Å². The van der Waals surface area contributed by atoms with Crippen molar-refractivity contribution in [3.63, 3.8) is 0 Å². The van der Waals surface area contributed by atoms with E-state index < -0.39 is 5.60 Å². The number of likely N-dealkylation sites (tertiary alicyclic amines) is 1. The van der Waals surface area contributed by atoms with E-state index in [1.54, 1.807) is 4.90 Å². The van der Waals surface area contributed by atoms with E-state index >= 15 is 0 Å². The van der Waals surface area contributed by atoms with Crippen molar-refractivity contribution in [1.29, 1.82) is 0 Å². The molecule has 1 aromatic carbocycles. The number of para-hydroxylation sites is 2. The number of nitrogens with one attached hydrogen (secondary N) is 1. The second kappa shape index (κ2) is 7.04. The number of rotatable bonds is 3. The van der Waals surface area contributed by atoms with Gasteiger partial charge >= 0.3 is 6.09 Å². The molecule has 0 spiro atoms. The molecule has 0 saturated carbocycles. The van der Waals surface area contributed by atoms with Crippen molar-refractivity contribution in [2.45, 2.75) is 45.3 Å². The van der Waals surface area contributed by atoms with Crippen molar-refractivity contribution in [1.82, 2.24) is 14.9 Å². The van der Waals surface area contributed by atoms with Gasteiger partial charge in [0.2, 0.25) is 0 Å². The molecule has 1 N–H and O–H groups in total. The van der Waals surface area contributed by atoms with Crippen LogP contribution in [-0.4, -0.2) is 45.7 Å². The number of anilines is 1. The van der Waals surface area contributed by atoms with Crippen molar-refractivity contribution < 1.29 is 9.53 Å². The highest BCUT2D eigenvalue weighted by molar-refractivity contribution is 6.32. The Bertz CT molecular complexity index is 775. The lowest BCUT2D eigenvalue weighted by molar-refractivity contribution is 0.0235. The molecule has 0 aliphatic carbocycles. The number of hydrogen-bond donors (Lipinski definition) is 1. The zero-order chi connectivity index (χ0) is 18.0. The SMILES string of the molecule is CC(C)(C)OC(=O)N1CCC[C@@H]1CNc1nc2ccccc2nc1Cl. The van der Waals surface area contributed by atoms with Crippen LogP contribution in [0.1, 0.15) is 33.6 Å². The van der Waals surface area contributed by atoms with Gasteiger partial charge in [-0.3, -0.25) is 0 Å². The lowest BCUT2D eigenvalue weighted by Gasteiger charge is -2.28. The summed E-state index contributed by atoms with van der Waals surface area (Å²) in [6, 6.07) is 7.64. The summed E-state index contributed by atoms with van der Waals surface area (Å²) in [5, 5.41) is 3.57. The summed E-state index contributed by atoms with van der Waals surface area (Å²) in [5.74, 6) is 0.538. The van der Waals surface area contributed by atoms with Gasteiger partial charge in [0.1, 0.15) is 5.60 Å². The van der Waals surface area contributed by atoms with Crippen molar-refractivity contribution >= 4 is 34.5 Å². The minimum absolute atomic E-state index is 0.0548. The van der Waals surface area contributed by atoms with Crippen molar-refractivity contribution in [2.75, 3.05) is 18.4 Å². The van der Waals surface area contributed by atoms with Crippen LogP contribution in [-0.2, 0) is 4.74 Å². The third-order valence-corrected chi connectivity index (χ3v) is 4.30. The fourth-order valence-corrected chi connectivity index (χ4v) is 3.11. The quantitative estimate of drug-likeness (QED) is 0.890. The molecule has 1 atom stereocenters. The van der Waals surface area contributed by atoms with Crippen LogP contribution in [0.25, 0.3) is 11.0 Å². The number of hydrogen-bond acceptors (Lipinski definition) is 5. The van der Waals surface area contributed by atoms with Crippen LogP contribution in [0.4, 0.5) is 10.6 Å². The van der Waals surface area contributed by atoms with Gasteiger partial charge < -0.3 is 15.0 Å². The number of benzene rings is 1. The first-order chi connectivity index (χ1) is 11.8. The van der Waals surface area contributed by atoms with Crippen LogP contribution in [0.2, 0.25) is 5.15 Å². The summed E-state index contributed by atoms with van der Waals surface area (Å²) in [6.07, 6.45) is 1.61. The topological polar surface area (TPSA) is 67.3 Å². The second-order valence-corrected chi connectivity index (χ2v) is 7.56. The molecule has 6 nitrogen and oxygen atoms in total. The minimum atomic E-state index is -0.495. The average molecular weight is 363 g/mol. The van der Waals surface area contributed by atoms with Crippen LogP contribution in [0.3, 0.4) is 0 Å². The van der Waals surface area contributed by atoms with E-state index in [-0.39, 0.29) is 12.1 Å². The highest BCUT2D eigenvalue weighted by Crippen LogP contribution is 2.24. The molecule has 0 bridgehead atoms. The first kappa shape index (κ1) is 17.7. The molecule has 25 heavy (non-hydrogen) atoms. The monoisotopic (exact) mass is 362 g/mol. The lowest BCUT2D eigenvalue weighted by Crippen LogP contribution is -2.42. The van der Waals surface area contributed by atoms with Gasteiger partial charge in [-0.05, 0) is 45.7 Å². The predicted molar refractivity (Wildman–Crippen MR) is 99.0 cm³/mol. The third-order valence-electron chi connectivity index (χ3n) is 4.04. The summed E-state index contributed by atoms with van der Waals surface area (Å²) in [5.41, 5.74) is 1.05. The predicted octanol–water partition coefficient (Wildman–Crippen LogP) is 4.09. The number of carbonyl (C=O) groups excluding carboxylic acids is 1. The van der Waals surface area contributed by atoms with E-state index in [2.05, 4.69) is 15.3 Å². The molecule has 1 aliphatic heterocycles. The Balaban J connectivity index is 1.68. The maximum Gasteiger partial charge on any atom is 0.410 e. The van der Waals surface area contributed by atoms with E-state index in [0.29, 0.717) is 24.1 Å². The standard InChI is InChI=1S/C18H23ClN4O2/c1-18(2,3)25-17(24)23-10-6-7-12(23)11-20-16-15(19)21-13-8-4-5-9-14(13)22-16/h4-5,8-9,12H,6-7,10-11H2,1-3H3,(H,20,22)/t12-/m1/s1. The van der Waals surface area contributed by atoms with Gasteiger partial charge in [0.25, 0.3) is 0 Å². The normalized spacial score (nSPS) is 17.8. The average Bonchev–Trinajstić information content (AvgIpc) is 3.00. The number of ether oxygens (including phenoxy) is 1. The van der Waals surface area contributed by atoms with Crippen molar-refractivity contribution in [3.05, 3.63) is 29.4 Å². The van der Waals surface area contributed by atoms with Gasteiger partial charge in [0.05, 0.1) is 17.1 Å². The molecule has 2 aromatic rings. The fourth-order valence-electron chi connectivity index (χ4n) is 2.91. The number of aromatic nitrogens is 2. The Hall–Kier alpha value is -2.08. The molecule has 1 fully saturated rings. The number of carbonyl (C=O) groups is 1. The molecule has 1 aliphatic rings. The van der Waals surface area contributed by atoms with Gasteiger partial charge in [-0.15, -0.1) is 0 Å². The molecular formula is C18H23ClN4O2. The fraction of sp³-hybridized carbons (Fsp3) is 0.500. The number of amides is 1. The Morgan fingerprint density at radius 1 is 1.32 bits per heavy atom. The molecule has 134 valence electrons. The largest absolute Gasteiger partial charge is 0.444 e. The van der Waals surface area contributed by atoms with Crippen LogP contribution in [0.5, 0.6) is 0 Å². The van der Waals surface area contributed by atoms with E-state index in [0.717, 1.165) is 23.9 Å². The molecule has 7 heteroatoms. The number of fused-ring (bicyclic) bond motifs is 1. The highest BCUT2D eigenvalue weighted by Gasteiger charge is 2.32. The molecule has 1 saturated heterocycles. The summed E-state index contributed by atoms with van der Waals surface area (Å²) in [4.78, 5) is 23.0. The summed E-state index contributed by atoms with van der Waals surface area (Å²) in [6.45, 7) is 6.89. The maximum absolute atomic E-state index is 12.3. The van der Waals surface area contributed by atoms with Gasteiger partial charge in [0.15, 0.2) is 11.0 Å². The van der Waals surface area contributed by atoms with Gasteiger partial charge in [-0.1, -0.05) is 23.7 Å². The van der Waals surface area contributed by atoms with E-state index in [4.69, 9.17) is 16.3 Å². The molecule has 0 radical (unpaired) electrons.